The predicted molar refractivity (Wildman–Crippen MR) is 95.9 cm³/mol. The van der Waals surface area contributed by atoms with E-state index in [0.717, 1.165) is 0 Å². The van der Waals surface area contributed by atoms with Gasteiger partial charge in [-0.15, -0.1) is 0 Å². The number of ether oxygens (including phenoxy) is 1. The maximum atomic E-state index is 13.6. The number of halogens is 8. The summed E-state index contributed by atoms with van der Waals surface area (Å²) in [7, 11) is -11.2. The number of hydrogen-bond donors (Lipinski definition) is 1. The summed E-state index contributed by atoms with van der Waals surface area (Å²) in [6.07, 6.45) is -8.74. The average molecular weight is 568 g/mol. The van der Waals surface area contributed by atoms with Crippen molar-refractivity contribution in [2.45, 2.75) is 62.7 Å². The van der Waals surface area contributed by atoms with Crippen molar-refractivity contribution in [2.75, 3.05) is 5.75 Å². The Morgan fingerprint density at radius 1 is 1.09 bits per heavy atom. The van der Waals surface area contributed by atoms with Crippen LogP contribution in [0.5, 0.6) is 0 Å². The van der Waals surface area contributed by atoms with Gasteiger partial charge in [-0.2, -0.15) is 30.7 Å². The van der Waals surface area contributed by atoms with Crippen LogP contribution in [0.2, 0.25) is 0 Å². The Morgan fingerprint density at radius 3 is 2.03 bits per heavy atom. The minimum absolute atomic E-state index is 0.201. The summed E-state index contributed by atoms with van der Waals surface area (Å²) in [6, 6.07) is 0. The van der Waals surface area contributed by atoms with Crippen LogP contribution in [0.1, 0.15) is 33.1 Å². The molecule has 0 saturated heterocycles. The predicted octanol–water partition coefficient (Wildman–Crippen LogP) is 1.84. The van der Waals surface area contributed by atoms with Crippen molar-refractivity contribution in [1.82, 2.24) is 4.72 Å². The number of carbonyl (C=O) groups excluding carboxylic acids is 2. The summed E-state index contributed by atoms with van der Waals surface area (Å²) in [5.74, 6) is -21.0. The van der Waals surface area contributed by atoms with E-state index in [0.29, 0.717) is 4.72 Å². The molecule has 0 spiro atoms. The second-order valence-corrected chi connectivity index (χ2v) is 12.0. The first kappa shape index (κ1) is 29.5. The number of carbonyl (C=O) groups is 2. The SMILES string of the molecule is CC1(C)C2CCC1(CS(=O)(=O)NC(=O)C(F)(F)C(F)(F)C(F)(F)F)C(OC(=O)C(F)S(=O)(=O)[O-])C2. The van der Waals surface area contributed by atoms with Crippen LogP contribution in [0, 0.1) is 16.7 Å². The third kappa shape index (κ3) is 4.82. The van der Waals surface area contributed by atoms with E-state index in [1.165, 1.54) is 13.8 Å². The van der Waals surface area contributed by atoms with Gasteiger partial charge in [0.15, 0.2) is 0 Å². The second-order valence-electron chi connectivity index (χ2n) is 8.92. The molecular formula is C16H18F8NO8S2-. The molecule has 2 bridgehead atoms. The van der Waals surface area contributed by atoms with E-state index in [1.54, 1.807) is 0 Å². The van der Waals surface area contributed by atoms with Gasteiger partial charge in [0.25, 0.3) is 5.50 Å². The molecule has 4 atom stereocenters. The van der Waals surface area contributed by atoms with Gasteiger partial charge in [0.05, 0.1) is 5.75 Å². The topological polar surface area (TPSA) is 147 Å². The lowest BCUT2D eigenvalue weighted by atomic mass is 9.69. The van der Waals surface area contributed by atoms with Gasteiger partial charge in [-0.3, -0.25) is 4.79 Å². The van der Waals surface area contributed by atoms with Gasteiger partial charge < -0.3 is 9.29 Å². The molecule has 0 heterocycles. The van der Waals surface area contributed by atoms with Gasteiger partial charge in [-0.1, -0.05) is 13.8 Å². The molecule has 204 valence electrons. The molecule has 0 aromatic heterocycles. The first-order chi connectivity index (χ1) is 15.3. The van der Waals surface area contributed by atoms with Gasteiger partial charge >= 0.3 is 29.9 Å². The molecule has 2 saturated carbocycles. The molecule has 0 aromatic carbocycles. The van der Waals surface area contributed by atoms with Crippen LogP contribution in [0.4, 0.5) is 35.1 Å². The maximum Gasteiger partial charge on any atom is 0.460 e. The van der Waals surface area contributed by atoms with Crippen LogP contribution in [0.25, 0.3) is 0 Å². The summed E-state index contributed by atoms with van der Waals surface area (Å²) in [4.78, 5) is 23.3. The van der Waals surface area contributed by atoms with Crippen molar-refractivity contribution in [1.29, 1.82) is 0 Å². The van der Waals surface area contributed by atoms with Crippen molar-refractivity contribution in [3.63, 3.8) is 0 Å². The molecule has 2 fully saturated rings. The van der Waals surface area contributed by atoms with Gasteiger partial charge in [-0.25, -0.2) is 30.7 Å². The zero-order valence-corrected chi connectivity index (χ0v) is 19.3. The number of sulfonamides is 1. The quantitative estimate of drug-likeness (QED) is 0.265. The lowest BCUT2D eigenvalue weighted by Crippen LogP contribution is -2.61. The highest BCUT2D eigenvalue weighted by Gasteiger charge is 2.77. The van der Waals surface area contributed by atoms with Crippen molar-refractivity contribution in [3.05, 3.63) is 0 Å². The molecule has 9 nitrogen and oxygen atoms in total. The second kappa shape index (κ2) is 8.39. The van der Waals surface area contributed by atoms with E-state index in [-0.39, 0.29) is 19.3 Å². The van der Waals surface area contributed by atoms with Gasteiger partial charge in [0.1, 0.15) is 16.2 Å². The fourth-order valence-corrected chi connectivity index (χ4v) is 6.87. The zero-order valence-electron chi connectivity index (χ0n) is 17.7. The van der Waals surface area contributed by atoms with Crippen molar-refractivity contribution in [2.24, 2.45) is 16.7 Å². The fourth-order valence-electron chi connectivity index (χ4n) is 4.72. The summed E-state index contributed by atoms with van der Waals surface area (Å²) in [5, 5.41) is 0. The summed E-state index contributed by atoms with van der Waals surface area (Å²) in [5.41, 5.74) is -6.70. The summed E-state index contributed by atoms with van der Waals surface area (Å²) >= 11 is 0. The highest BCUT2D eigenvalue weighted by atomic mass is 32.2. The molecule has 0 aliphatic heterocycles. The van der Waals surface area contributed by atoms with E-state index in [2.05, 4.69) is 0 Å². The van der Waals surface area contributed by atoms with E-state index >= 15 is 0 Å². The maximum absolute atomic E-state index is 13.6. The highest BCUT2D eigenvalue weighted by Crippen LogP contribution is 2.67. The molecule has 0 radical (unpaired) electrons. The standard InChI is InChI=1S/C16H19F8NO8S2/c1-12(2)7-3-4-13(12,8(5-7)33-10(26)9(17)35(30,31)32)6-34(28,29)25-11(27)14(18,19)15(20,21)16(22,23)24/h7-9H,3-6H2,1-2H3,(H,25,27)(H,30,31,32)/p-1. The first-order valence-electron chi connectivity index (χ1n) is 9.50. The third-order valence-corrected chi connectivity index (χ3v) is 8.88. The molecule has 1 amide bonds. The van der Waals surface area contributed by atoms with Crippen LogP contribution in [-0.2, 0) is 34.5 Å². The number of rotatable bonds is 8. The Hall–Kier alpha value is -1.76. The molecule has 35 heavy (non-hydrogen) atoms. The van der Waals surface area contributed by atoms with Crippen LogP contribution in [0.15, 0.2) is 0 Å². The Morgan fingerprint density at radius 2 is 1.60 bits per heavy atom. The van der Waals surface area contributed by atoms with E-state index < -0.39 is 84.1 Å². The van der Waals surface area contributed by atoms with Crippen LogP contribution in [-0.4, -0.2) is 68.6 Å². The number of fused-ring (bicyclic) bond motifs is 2. The minimum Gasteiger partial charge on any atom is -0.745 e. The highest BCUT2D eigenvalue weighted by molar-refractivity contribution is 7.90. The normalized spacial score (nSPS) is 28.0. The molecule has 1 N–H and O–H groups in total. The number of hydrogen-bond acceptors (Lipinski definition) is 8. The number of nitrogens with one attached hydrogen (secondary N) is 1. The molecule has 0 aromatic rings. The van der Waals surface area contributed by atoms with Gasteiger partial charge in [-0.05, 0) is 30.6 Å². The third-order valence-electron chi connectivity index (χ3n) is 6.79. The minimum atomic E-state index is -6.93. The number of esters is 1. The lowest BCUT2D eigenvalue weighted by molar-refractivity contribution is -0.343. The Balaban J connectivity index is 2.35. The fraction of sp³-hybridized carbons (Fsp3) is 0.875. The van der Waals surface area contributed by atoms with Crippen LogP contribution in [0.3, 0.4) is 0 Å². The first-order valence-corrected chi connectivity index (χ1v) is 12.6. The largest absolute Gasteiger partial charge is 0.745 e. The summed E-state index contributed by atoms with van der Waals surface area (Å²) < 4.78 is 166. The molecule has 2 rings (SSSR count). The van der Waals surface area contributed by atoms with E-state index in [1.807, 2.05) is 0 Å². The summed E-state index contributed by atoms with van der Waals surface area (Å²) in [6.45, 7) is 2.80. The number of amides is 1. The average Bonchev–Trinajstić information content (AvgIpc) is 2.99. The van der Waals surface area contributed by atoms with Crippen LogP contribution >= 0.6 is 0 Å². The zero-order chi connectivity index (χ0) is 27.6. The van der Waals surface area contributed by atoms with Gasteiger partial charge in [0.2, 0.25) is 10.0 Å². The van der Waals surface area contributed by atoms with Crippen molar-refractivity contribution in [3.8, 4) is 0 Å². The van der Waals surface area contributed by atoms with E-state index in [9.17, 15) is 66.1 Å². The van der Waals surface area contributed by atoms with E-state index in [4.69, 9.17) is 4.74 Å². The number of alkyl halides is 8. The smallest absolute Gasteiger partial charge is 0.460 e. The van der Waals surface area contributed by atoms with Gasteiger partial charge in [0, 0.05) is 5.41 Å². The Bertz CT molecular complexity index is 1110. The molecule has 4 unspecified atom stereocenters. The van der Waals surface area contributed by atoms with Crippen molar-refractivity contribution < 1.29 is 70.8 Å². The monoisotopic (exact) mass is 568 g/mol. The Kier molecular flexibility index (Phi) is 7.06. The van der Waals surface area contributed by atoms with Crippen LogP contribution < -0.4 is 4.72 Å². The molecule has 19 heteroatoms. The molecule has 2 aliphatic rings. The molecular weight excluding hydrogens is 550 g/mol. The Labute approximate surface area is 193 Å². The lowest BCUT2D eigenvalue weighted by Gasteiger charge is -2.41. The molecule has 2 aliphatic carbocycles. The van der Waals surface area contributed by atoms with Crippen molar-refractivity contribution >= 4 is 32.0 Å².